The Morgan fingerprint density at radius 3 is 3.27 bits per heavy atom. The van der Waals surface area contributed by atoms with Gasteiger partial charge in [0.1, 0.15) is 0 Å². The number of nitrogens with one attached hydrogen (secondary N) is 2. The van der Waals surface area contributed by atoms with E-state index in [9.17, 15) is 0 Å². The van der Waals surface area contributed by atoms with Gasteiger partial charge in [-0.3, -0.25) is 0 Å². The van der Waals surface area contributed by atoms with Gasteiger partial charge in [-0.2, -0.15) is 0 Å². The largest absolute Gasteiger partial charge is 0.472 e. The standard InChI is InChI=1S/C12H20N2O/c1(2-11-3-6-14-8-11)5-13-9-12-4-7-15-10-12/h4,7,10-11,13-14H,1-3,5-6,8-9H2. The molecule has 0 aliphatic carbocycles. The van der Waals surface area contributed by atoms with Crippen LogP contribution in [0.25, 0.3) is 0 Å². The van der Waals surface area contributed by atoms with E-state index < -0.39 is 0 Å². The van der Waals surface area contributed by atoms with E-state index in [0.717, 1.165) is 19.0 Å². The fraction of sp³-hybridized carbons (Fsp3) is 0.667. The minimum atomic E-state index is 0.917. The first-order valence-electron chi connectivity index (χ1n) is 5.87. The highest BCUT2D eigenvalue weighted by atomic mass is 16.3. The maximum Gasteiger partial charge on any atom is 0.0947 e. The fourth-order valence-corrected chi connectivity index (χ4v) is 2.10. The van der Waals surface area contributed by atoms with Crippen LogP contribution in [-0.4, -0.2) is 19.6 Å². The summed E-state index contributed by atoms with van der Waals surface area (Å²) in [5.74, 6) is 0.917. The van der Waals surface area contributed by atoms with Crippen molar-refractivity contribution in [3.8, 4) is 0 Å². The molecule has 1 saturated heterocycles. The summed E-state index contributed by atoms with van der Waals surface area (Å²) in [5.41, 5.74) is 1.23. The molecule has 1 fully saturated rings. The van der Waals surface area contributed by atoms with Crippen LogP contribution < -0.4 is 10.6 Å². The monoisotopic (exact) mass is 208 g/mol. The molecule has 2 rings (SSSR count). The van der Waals surface area contributed by atoms with Crippen LogP contribution in [-0.2, 0) is 6.54 Å². The summed E-state index contributed by atoms with van der Waals surface area (Å²) in [6.07, 6.45) is 7.52. The molecule has 1 aromatic rings. The smallest absolute Gasteiger partial charge is 0.0947 e. The number of hydrogen-bond donors (Lipinski definition) is 2. The molecule has 1 unspecified atom stereocenters. The van der Waals surface area contributed by atoms with Crippen LogP contribution in [0.5, 0.6) is 0 Å². The van der Waals surface area contributed by atoms with E-state index in [2.05, 4.69) is 10.6 Å². The molecule has 1 atom stereocenters. The van der Waals surface area contributed by atoms with E-state index in [1.54, 1.807) is 12.5 Å². The lowest BCUT2D eigenvalue weighted by Crippen LogP contribution is -2.16. The summed E-state index contributed by atoms with van der Waals surface area (Å²) in [5, 5.41) is 6.83. The van der Waals surface area contributed by atoms with Crippen molar-refractivity contribution in [2.75, 3.05) is 19.6 Å². The quantitative estimate of drug-likeness (QED) is 0.699. The predicted molar refractivity (Wildman–Crippen MR) is 60.6 cm³/mol. The zero-order chi connectivity index (χ0) is 10.3. The van der Waals surface area contributed by atoms with E-state index in [-0.39, 0.29) is 0 Å². The fourth-order valence-electron chi connectivity index (χ4n) is 2.10. The topological polar surface area (TPSA) is 37.2 Å². The van der Waals surface area contributed by atoms with Gasteiger partial charge in [-0.15, -0.1) is 0 Å². The third kappa shape index (κ3) is 3.68. The molecule has 3 heteroatoms. The Morgan fingerprint density at radius 1 is 1.53 bits per heavy atom. The van der Waals surface area contributed by atoms with Gasteiger partial charge in [0, 0.05) is 12.1 Å². The average Bonchev–Trinajstić information content (AvgIpc) is 2.88. The van der Waals surface area contributed by atoms with Crippen molar-refractivity contribution in [1.29, 1.82) is 0 Å². The Labute approximate surface area is 91.2 Å². The number of rotatable bonds is 6. The van der Waals surface area contributed by atoms with Gasteiger partial charge in [-0.1, -0.05) is 0 Å². The van der Waals surface area contributed by atoms with E-state index in [1.165, 1.54) is 37.9 Å². The van der Waals surface area contributed by atoms with Crippen molar-refractivity contribution in [3.05, 3.63) is 24.2 Å². The molecule has 3 nitrogen and oxygen atoms in total. The summed E-state index contributed by atoms with van der Waals surface area (Å²) >= 11 is 0. The van der Waals surface area contributed by atoms with Gasteiger partial charge in [-0.25, -0.2) is 0 Å². The van der Waals surface area contributed by atoms with Crippen LogP contribution in [0.3, 0.4) is 0 Å². The zero-order valence-electron chi connectivity index (χ0n) is 9.17. The van der Waals surface area contributed by atoms with Gasteiger partial charge < -0.3 is 15.1 Å². The second-order valence-electron chi connectivity index (χ2n) is 4.31. The molecule has 0 spiro atoms. The Bertz CT molecular complexity index is 253. The molecule has 0 amide bonds. The molecule has 0 aromatic carbocycles. The summed E-state index contributed by atoms with van der Waals surface area (Å²) in [7, 11) is 0. The predicted octanol–water partition coefficient (Wildman–Crippen LogP) is 1.76. The summed E-state index contributed by atoms with van der Waals surface area (Å²) < 4.78 is 5.00. The van der Waals surface area contributed by atoms with Crippen LogP contribution in [0.1, 0.15) is 24.8 Å². The van der Waals surface area contributed by atoms with Crippen LogP contribution >= 0.6 is 0 Å². The molecule has 0 bridgehead atoms. The van der Waals surface area contributed by atoms with Crippen molar-refractivity contribution in [1.82, 2.24) is 10.6 Å². The van der Waals surface area contributed by atoms with E-state index in [1.807, 2.05) is 6.07 Å². The molecule has 0 saturated carbocycles. The minimum Gasteiger partial charge on any atom is -0.472 e. The second-order valence-corrected chi connectivity index (χ2v) is 4.31. The summed E-state index contributed by atoms with van der Waals surface area (Å²) in [6.45, 7) is 4.48. The molecule has 0 radical (unpaired) electrons. The number of hydrogen-bond acceptors (Lipinski definition) is 3. The van der Waals surface area contributed by atoms with Crippen LogP contribution in [0.15, 0.2) is 23.0 Å². The maximum absolute atomic E-state index is 5.00. The van der Waals surface area contributed by atoms with E-state index in [4.69, 9.17) is 4.42 Å². The van der Waals surface area contributed by atoms with Crippen molar-refractivity contribution >= 4 is 0 Å². The molecule has 1 aliphatic heterocycles. The van der Waals surface area contributed by atoms with Gasteiger partial charge >= 0.3 is 0 Å². The summed E-state index contributed by atoms with van der Waals surface area (Å²) in [6, 6.07) is 2.01. The average molecular weight is 208 g/mol. The van der Waals surface area contributed by atoms with Crippen molar-refractivity contribution < 1.29 is 4.42 Å². The van der Waals surface area contributed by atoms with Crippen molar-refractivity contribution in [2.24, 2.45) is 5.92 Å². The van der Waals surface area contributed by atoms with Gasteiger partial charge in [0.2, 0.25) is 0 Å². The lowest BCUT2D eigenvalue weighted by atomic mass is 10.0. The van der Waals surface area contributed by atoms with Crippen LogP contribution in [0, 0.1) is 5.92 Å². The van der Waals surface area contributed by atoms with Gasteiger partial charge in [0.25, 0.3) is 0 Å². The Morgan fingerprint density at radius 2 is 2.53 bits per heavy atom. The maximum atomic E-state index is 5.00. The minimum absolute atomic E-state index is 0.917. The molecule has 2 heterocycles. The second kappa shape index (κ2) is 5.93. The first-order chi connectivity index (χ1) is 7.45. The Hall–Kier alpha value is -0.800. The first-order valence-corrected chi connectivity index (χ1v) is 5.87. The molecule has 84 valence electrons. The summed E-state index contributed by atoms with van der Waals surface area (Å²) in [4.78, 5) is 0. The van der Waals surface area contributed by atoms with E-state index in [0.29, 0.717) is 0 Å². The highest BCUT2D eigenvalue weighted by Gasteiger charge is 2.12. The third-order valence-electron chi connectivity index (χ3n) is 3.04. The molecule has 1 aromatic heterocycles. The van der Waals surface area contributed by atoms with Gasteiger partial charge in [0.15, 0.2) is 0 Å². The normalized spacial score (nSPS) is 20.9. The SMILES string of the molecule is c1cc(CNCCCC2CCNC2)co1. The molecule has 2 N–H and O–H groups in total. The van der Waals surface area contributed by atoms with Crippen LogP contribution in [0.4, 0.5) is 0 Å². The van der Waals surface area contributed by atoms with Crippen molar-refractivity contribution in [2.45, 2.75) is 25.8 Å². The van der Waals surface area contributed by atoms with Crippen LogP contribution in [0.2, 0.25) is 0 Å². The molecule has 1 aliphatic rings. The van der Waals surface area contributed by atoms with Gasteiger partial charge in [0.05, 0.1) is 12.5 Å². The Balaban J connectivity index is 1.48. The zero-order valence-corrected chi connectivity index (χ0v) is 9.17. The molecular formula is C12H20N2O. The number of furan rings is 1. The van der Waals surface area contributed by atoms with Gasteiger partial charge in [-0.05, 0) is 50.9 Å². The lowest BCUT2D eigenvalue weighted by molar-refractivity contribution is 0.491. The van der Waals surface area contributed by atoms with E-state index >= 15 is 0 Å². The lowest BCUT2D eigenvalue weighted by Gasteiger charge is -2.07. The highest BCUT2D eigenvalue weighted by molar-refractivity contribution is 5.04. The van der Waals surface area contributed by atoms with Crippen molar-refractivity contribution in [3.63, 3.8) is 0 Å². The molecular weight excluding hydrogens is 188 g/mol. The third-order valence-corrected chi connectivity index (χ3v) is 3.04. The molecule has 15 heavy (non-hydrogen) atoms. The highest BCUT2D eigenvalue weighted by Crippen LogP contribution is 2.13. The Kier molecular flexibility index (Phi) is 4.23. The first kappa shape index (κ1) is 10.7.